The van der Waals surface area contributed by atoms with Gasteiger partial charge < -0.3 is 9.47 Å². The van der Waals surface area contributed by atoms with Crippen molar-refractivity contribution in [1.82, 2.24) is 0 Å². The highest BCUT2D eigenvalue weighted by Gasteiger charge is 2.21. The Kier molecular flexibility index (Phi) is 5.53. The Morgan fingerprint density at radius 3 is 2.11 bits per heavy atom. The molecule has 0 bridgehead atoms. The zero-order valence-electron chi connectivity index (χ0n) is 17.0. The molecule has 3 rings (SSSR count). The Morgan fingerprint density at radius 1 is 0.893 bits per heavy atom. The molecule has 0 saturated carbocycles. The van der Waals surface area contributed by atoms with Gasteiger partial charge in [-0.25, -0.2) is 8.42 Å². The third-order valence-corrected chi connectivity index (χ3v) is 7.41. The Hall–Kier alpha value is -2.34. The highest BCUT2D eigenvalue weighted by Crippen LogP contribution is 2.33. The summed E-state index contributed by atoms with van der Waals surface area (Å²) >= 11 is 0. The molecule has 2 aromatic carbocycles. The largest absolute Gasteiger partial charge is 0.454 e. The maximum atomic E-state index is 12.7. The number of sulfone groups is 1. The van der Waals surface area contributed by atoms with Crippen LogP contribution in [0.5, 0.6) is 11.5 Å². The van der Waals surface area contributed by atoms with Gasteiger partial charge in [-0.15, -0.1) is 0 Å². The van der Waals surface area contributed by atoms with Crippen molar-refractivity contribution < 1.29 is 22.7 Å². The van der Waals surface area contributed by atoms with Crippen LogP contribution in [0.2, 0.25) is 0 Å². The highest BCUT2D eigenvalue weighted by molar-refractivity contribution is 7.90. The first-order valence-corrected chi connectivity index (χ1v) is 11.1. The SMILES string of the molecule is Cc1c(C)c(C)c(CS(=O)(=O)CCC(=O)c2ccc3c(c2)OCO3)c(C)c1C. The van der Waals surface area contributed by atoms with E-state index in [0.717, 1.165) is 27.8 Å². The second-order valence-corrected chi connectivity index (χ2v) is 9.62. The lowest BCUT2D eigenvalue weighted by Gasteiger charge is -2.18. The van der Waals surface area contributed by atoms with Crippen LogP contribution in [-0.2, 0) is 15.6 Å². The van der Waals surface area contributed by atoms with Gasteiger partial charge in [0.15, 0.2) is 27.1 Å². The van der Waals surface area contributed by atoms with E-state index in [9.17, 15) is 13.2 Å². The van der Waals surface area contributed by atoms with E-state index in [4.69, 9.17) is 9.47 Å². The number of fused-ring (bicyclic) bond motifs is 1. The van der Waals surface area contributed by atoms with E-state index in [1.54, 1.807) is 18.2 Å². The Morgan fingerprint density at radius 2 is 1.46 bits per heavy atom. The first-order chi connectivity index (χ1) is 13.1. The topological polar surface area (TPSA) is 69.7 Å². The van der Waals surface area contributed by atoms with Crippen LogP contribution in [-0.4, -0.2) is 26.7 Å². The molecule has 0 N–H and O–H groups in total. The summed E-state index contributed by atoms with van der Waals surface area (Å²) in [5, 5.41) is 0. The van der Waals surface area contributed by atoms with Crippen molar-refractivity contribution in [3.63, 3.8) is 0 Å². The summed E-state index contributed by atoms with van der Waals surface area (Å²) in [5.41, 5.74) is 6.80. The lowest BCUT2D eigenvalue weighted by atomic mass is 9.90. The molecular weight excluding hydrogens is 376 g/mol. The van der Waals surface area contributed by atoms with E-state index in [1.807, 2.05) is 27.7 Å². The van der Waals surface area contributed by atoms with E-state index in [0.29, 0.717) is 17.1 Å². The molecule has 28 heavy (non-hydrogen) atoms. The first kappa shape index (κ1) is 20.4. The Labute approximate surface area is 166 Å². The van der Waals surface area contributed by atoms with Crippen LogP contribution in [0, 0.1) is 34.6 Å². The minimum absolute atomic E-state index is 0.0406. The van der Waals surface area contributed by atoms with Gasteiger partial charge in [-0.2, -0.15) is 0 Å². The van der Waals surface area contributed by atoms with Gasteiger partial charge in [-0.05, 0) is 86.2 Å². The second kappa shape index (κ2) is 7.59. The average molecular weight is 403 g/mol. The van der Waals surface area contributed by atoms with Crippen LogP contribution in [0.1, 0.15) is 50.2 Å². The van der Waals surface area contributed by atoms with Crippen molar-refractivity contribution in [2.75, 3.05) is 12.5 Å². The van der Waals surface area contributed by atoms with Gasteiger partial charge in [0, 0.05) is 12.0 Å². The number of ketones is 1. The zero-order valence-corrected chi connectivity index (χ0v) is 17.8. The van der Waals surface area contributed by atoms with Crippen molar-refractivity contribution in [1.29, 1.82) is 0 Å². The molecule has 0 radical (unpaired) electrons. The fraction of sp³-hybridized carbons (Fsp3) is 0.409. The molecule has 6 heteroatoms. The molecule has 0 aromatic heterocycles. The van der Waals surface area contributed by atoms with E-state index in [-0.39, 0.29) is 30.5 Å². The number of benzene rings is 2. The van der Waals surface area contributed by atoms with Crippen molar-refractivity contribution in [3.8, 4) is 11.5 Å². The van der Waals surface area contributed by atoms with Crippen LogP contribution in [0.15, 0.2) is 18.2 Å². The van der Waals surface area contributed by atoms with Gasteiger partial charge in [0.2, 0.25) is 6.79 Å². The molecule has 2 aromatic rings. The van der Waals surface area contributed by atoms with Crippen molar-refractivity contribution >= 4 is 15.6 Å². The molecular formula is C22H26O5S. The summed E-state index contributed by atoms with van der Waals surface area (Å²) in [4.78, 5) is 12.5. The lowest BCUT2D eigenvalue weighted by Crippen LogP contribution is -2.16. The molecule has 0 unspecified atom stereocenters. The van der Waals surface area contributed by atoms with Gasteiger partial charge >= 0.3 is 0 Å². The number of Topliss-reactive ketones (excluding diaryl/α,β-unsaturated/α-hetero) is 1. The minimum atomic E-state index is -3.42. The number of ether oxygens (including phenoxy) is 2. The molecule has 0 saturated heterocycles. The van der Waals surface area contributed by atoms with Gasteiger partial charge in [0.25, 0.3) is 0 Å². The average Bonchev–Trinajstić information content (AvgIpc) is 3.14. The quantitative estimate of drug-likeness (QED) is 0.679. The van der Waals surface area contributed by atoms with Gasteiger partial charge in [-0.3, -0.25) is 4.79 Å². The zero-order chi connectivity index (χ0) is 20.6. The molecule has 1 aliphatic heterocycles. The minimum Gasteiger partial charge on any atom is -0.454 e. The fourth-order valence-corrected chi connectivity index (χ4v) is 5.06. The van der Waals surface area contributed by atoms with E-state index in [1.165, 1.54) is 5.56 Å². The normalized spacial score (nSPS) is 13.0. The number of carbonyl (C=O) groups excluding carboxylic acids is 1. The Bertz CT molecular complexity index is 1020. The molecule has 1 heterocycles. The first-order valence-electron chi connectivity index (χ1n) is 9.30. The summed E-state index contributed by atoms with van der Waals surface area (Å²) in [6.45, 7) is 10.2. The monoisotopic (exact) mass is 402 g/mol. The van der Waals surface area contributed by atoms with Crippen molar-refractivity contribution in [3.05, 3.63) is 57.1 Å². The number of hydrogen-bond acceptors (Lipinski definition) is 5. The molecule has 0 aliphatic carbocycles. The maximum absolute atomic E-state index is 12.7. The van der Waals surface area contributed by atoms with Crippen molar-refractivity contribution in [2.24, 2.45) is 0 Å². The second-order valence-electron chi connectivity index (χ2n) is 7.44. The number of rotatable bonds is 6. The van der Waals surface area contributed by atoms with E-state index < -0.39 is 9.84 Å². The summed E-state index contributed by atoms with van der Waals surface area (Å²) in [6.07, 6.45) is -0.0517. The Balaban J connectivity index is 1.74. The predicted molar refractivity (Wildman–Crippen MR) is 109 cm³/mol. The van der Waals surface area contributed by atoms with Crippen LogP contribution in [0.3, 0.4) is 0 Å². The third-order valence-electron chi connectivity index (χ3n) is 5.85. The lowest BCUT2D eigenvalue weighted by molar-refractivity contribution is 0.0988. The molecule has 5 nitrogen and oxygen atoms in total. The van der Waals surface area contributed by atoms with Crippen LogP contribution in [0.4, 0.5) is 0 Å². The summed E-state index contributed by atoms with van der Waals surface area (Å²) in [7, 11) is -3.42. The van der Waals surface area contributed by atoms with Crippen molar-refractivity contribution in [2.45, 2.75) is 46.8 Å². The smallest absolute Gasteiger partial charge is 0.231 e. The molecule has 0 atom stereocenters. The fourth-order valence-electron chi connectivity index (χ4n) is 3.55. The van der Waals surface area contributed by atoms with E-state index >= 15 is 0 Å². The van der Waals surface area contributed by atoms with E-state index in [2.05, 4.69) is 6.92 Å². The number of hydrogen-bond donors (Lipinski definition) is 0. The van der Waals surface area contributed by atoms with Crippen LogP contribution < -0.4 is 9.47 Å². The summed E-state index contributed by atoms with van der Waals surface area (Å²) < 4.78 is 36.0. The highest BCUT2D eigenvalue weighted by atomic mass is 32.2. The molecule has 1 aliphatic rings. The number of carbonyl (C=O) groups is 1. The molecule has 150 valence electrons. The van der Waals surface area contributed by atoms with Gasteiger partial charge in [-0.1, -0.05) is 0 Å². The third kappa shape index (κ3) is 3.92. The molecule has 0 spiro atoms. The van der Waals surface area contributed by atoms with Crippen LogP contribution in [0.25, 0.3) is 0 Å². The molecule has 0 fully saturated rings. The standard InChI is InChI=1S/C22H26O5S/c1-13-14(2)16(4)19(17(5)15(13)3)11-28(24,25)9-8-20(23)18-6-7-21-22(10-18)27-12-26-21/h6-7,10H,8-9,11-12H2,1-5H3. The molecule has 0 amide bonds. The van der Waals surface area contributed by atoms with Gasteiger partial charge in [0.1, 0.15) is 0 Å². The van der Waals surface area contributed by atoms with Crippen LogP contribution >= 0.6 is 0 Å². The summed E-state index contributed by atoms with van der Waals surface area (Å²) in [6, 6.07) is 4.93. The van der Waals surface area contributed by atoms with Gasteiger partial charge in [0.05, 0.1) is 11.5 Å². The predicted octanol–water partition coefficient (Wildman–Crippen LogP) is 4.15. The maximum Gasteiger partial charge on any atom is 0.231 e. The summed E-state index contributed by atoms with van der Waals surface area (Å²) in [5.74, 6) is 0.684.